The van der Waals surface area contributed by atoms with Crippen molar-refractivity contribution in [3.63, 3.8) is 0 Å². The van der Waals surface area contributed by atoms with E-state index in [0.717, 1.165) is 10.9 Å². The first-order valence-corrected chi connectivity index (χ1v) is 6.80. The molecular formula is C15H11BrFN3. The van der Waals surface area contributed by atoms with E-state index in [1.54, 1.807) is 24.4 Å². The molecule has 0 saturated heterocycles. The number of pyridine rings is 1. The summed E-state index contributed by atoms with van der Waals surface area (Å²) in [4.78, 5) is 4.23. The summed E-state index contributed by atoms with van der Waals surface area (Å²) in [6.07, 6.45) is 1.71. The van der Waals surface area contributed by atoms with Crippen molar-refractivity contribution >= 4 is 43.9 Å². The maximum Gasteiger partial charge on any atom is 0.147 e. The Bertz CT molecular complexity index is 789. The molecule has 0 spiro atoms. The van der Waals surface area contributed by atoms with E-state index < -0.39 is 0 Å². The highest BCUT2D eigenvalue weighted by Gasteiger charge is 2.08. The van der Waals surface area contributed by atoms with Crippen LogP contribution in [0.25, 0.3) is 10.9 Å². The third-order valence-corrected chi connectivity index (χ3v) is 3.52. The molecule has 0 radical (unpaired) electrons. The molecule has 20 heavy (non-hydrogen) atoms. The van der Waals surface area contributed by atoms with Crippen molar-refractivity contribution in [1.82, 2.24) is 4.98 Å². The Morgan fingerprint density at radius 3 is 2.70 bits per heavy atom. The molecule has 3 nitrogen and oxygen atoms in total. The van der Waals surface area contributed by atoms with Crippen LogP contribution in [0.4, 0.5) is 21.5 Å². The molecule has 0 bridgehead atoms. The number of hydrogen-bond acceptors (Lipinski definition) is 3. The second-order valence-electron chi connectivity index (χ2n) is 4.35. The predicted octanol–water partition coefficient (Wildman–Crippen LogP) is 4.46. The van der Waals surface area contributed by atoms with E-state index in [1.807, 2.05) is 18.2 Å². The average Bonchev–Trinajstić information content (AvgIpc) is 2.45. The summed E-state index contributed by atoms with van der Waals surface area (Å²) < 4.78 is 14.5. The minimum absolute atomic E-state index is 0.343. The maximum absolute atomic E-state index is 13.8. The summed E-state index contributed by atoms with van der Waals surface area (Å²) in [5, 5.41) is 3.85. The van der Waals surface area contributed by atoms with E-state index in [0.29, 0.717) is 21.5 Å². The predicted molar refractivity (Wildman–Crippen MR) is 83.5 cm³/mol. The Morgan fingerprint density at radius 1 is 1.10 bits per heavy atom. The van der Waals surface area contributed by atoms with E-state index in [9.17, 15) is 4.39 Å². The SMILES string of the molecule is Nc1c(Nc2ccc(Br)cc2F)ccc2ncccc12. The molecule has 0 fully saturated rings. The van der Waals surface area contributed by atoms with Gasteiger partial charge in [0, 0.05) is 16.1 Å². The highest BCUT2D eigenvalue weighted by molar-refractivity contribution is 9.10. The molecule has 0 saturated carbocycles. The summed E-state index contributed by atoms with van der Waals surface area (Å²) in [5.41, 5.74) is 8.52. The van der Waals surface area contributed by atoms with E-state index in [4.69, 9.17) is 5.73 Å². The van der Waals surface area contributed by atoms with E-state index >= 15 is 0 Å². The lowest BCUT2D eigenvalue weighted by atomic mass is 10.1. The molecule has 3 N–H and O–H groups in total. The summed E-state index contributed by atoms with van der Waals surface area (Å²) in [7, 11) is 0. The number of hydrogen-bond donors (Lipinski definition) is 2. The lowest BCUT2D eigenvalue weighted by molar-refractivity contribution is 0.631. The summed E-state index contributed by atoms with van der Waals surface area (Å²) >= 11 is 3.23. The van der Waals surface area contributed by atoms with Gasteiger partial charge >= 0.3 is 0 Å². The van der Waals surface area contributed by atoms with Gasteiger partial charge in [-0.15, -0.1) is 0 Å². The second-order valence-corrected chi connectivity index (χ2v) is 5.26. The van der Waals surface area contributed by atoms with Crippen molar-refractivity contribution in [3.05, 3.63) is 59.0 Å². The number of nitrogens with zero attached hydrogens (tertiary/aromatic N) is 1. The Morgan fingerprint density at radius 2 is 1.90 bits per heavy atom. The molecule has 5 heteroatoms. The number of anilines is 3. The van der Waals surface area contributed by atoms with E-state index in [-0.39, 0.29) is 5.82 Å². The number of halogens is 2. The van der Waals surface area contributed by atoms with Crippen LogP contribution in [0.5, 0.6) is 0 Å². The molecule has 0 unspecified atom stereocenters. The summed E-state index contributed by atoms with van der Waals surface area (Å²) in [6, 6.07) is 12.2. The van der Waals surface area contributed by atoms with Crippen LogP contribution in [0.3, 0.4) is 0 Å². The summed E-state index contributed by atoms with van der Waals surface area (Å²) in [5.74, 6) is -0.343. The van der Waals surface area contributed by atoms with E-state index in [2.05, 4.69) is 26.2 Å². The van der Waals surface area contributed by atoms with Gasteiger partial charge in [-0.05, 0) is 42.5 Å². The van der Waals surface area contributed by atoms with Crippen LogP contribution in [0.2, 0.25) is 0 Å². The number of benzene rings is 2. The largest absolute Gasteiger partial charge is 0.396 e. The van der Waals surface area contributed by atoms with Gasteiger partial charge in [-0.25, -0.2) is 4.39 Å². The molecule has 3 aromatic rings. The highest BCUT2D eigenvalue weighted by atomic mass is 79.9. The first kappa shape index (κ1) is 12.9. The first-order chi connectivity index (χ1) is 9.65. The Balaban J connectivity index is 2.04. The van der Waals surface area contributed by atoms with Crippen molar-refractivity contribution in [2.24, 2.45) is 0 Å². The van der Waals surface area contributed by atoms with Crippen molar-refractivity contribution in [2.75, 3.05) is 11.1 Å². The molecule has 100 valence electrons. The summed E-state index contributed by atoms with van der Waals surface area (Å²) in [6.45, 7) is 0. The molecule has 2 aromatic carbocycles. The van der Waals surface area contributed by atoms with Gasteiger partial charge in [-0.1, -0.05) is 15.9 Å². The number of fused-ring (bicyclic) bond motifs is 1. The third kappa shape index (κ3) is 2.32. The van der Waals surface area contributed by atoms with Gasteiger partial charge in [0.25, 0.3) is 0 Å². The highest BCUT2D eigenvalue weighted by Crippen LogP contribution is 2.31. The van der Waals surface area contributed by atoms with Crippen LogP contribution in [0.1, 0.15) is 0 Å². The standard InChI is InChI=1S/C15H11BrFN3/c16-9-3-4-13(11(17)8-9)20-14-6-5-12-10(15(14)18)2-1-7-19-12/h1-8,20H,18H2. The molecule has 0 aliphatic carbocycles. The van der Waals surface area contributed by atoms with Crippen LogP contribution >= 0.6 is 15.9 Å². The van der Waals surface area contributed by atoms with Crippen LogP contribution in [-0.2, 0) is 0 Å². The molecule has 0 atom stereocenters. The fraction of sp³-hybridized carbons (Fsp3) is 0. The van der Waals surface area contributed by atoms with Gasteiger partial charge in [-0.2, -0.15) is 0 Å². The smallest absolute Gasteiger partial charge is 0.147 e. The normalized spacial score (nSPS) is 10.7. The third-order valence-electron chi connectivity index (χ3n) is 3.03. The average molecular weight is 332 g/mol. The van der Waals surface area contributed by atoms with Gasteiger partial charge < -0.3 is 11.1 Å². The number of rotatable bonds is 2. The van der Waals surface area contributed by atoms with Crippen molar-refractivity contribution in [1.29, 1.82) is 0 Å². The lowest BCUT2D eigenvalue weighted by Crippen LogP contribution is -1.99. The minimum atomic E-state index is -0.343. The molecule has 3 rings (SSSR count). The van der Waals surface area contributed by atoms with Gasteiger partial charge in [-0.3, -0.25) is 4.98 Å². The van der Waals surface area contributed by atoms with Gasteiger partial charge in [0.2, 0.25) is 0 Å². The van der Waals surface area contributed by atoms with Crippen LogP contribution < -0.4 is 11.1 Å². The Hall–Kier alpha value is -2.14. The fourth-order valence-corrected chi connectivity index (χ4v) is 2.35. The molecular weight excluding hydrogens is 321 g/mol. The van der Waals surface area contributed by atoms with Crippen molar-refractivity contribution in [2.45, 2.75) is 0 Å². The zero-order valence-electron chi connectivity index (χ0n) is 10.4. The van der Waals surface area contributed by atoms with Crippen LogP contribution in [-0.4, -0.2) is 4.98 Å². The first-order valence-electron chi connectivity index (χ1n) is 6.00. The number of aromatic nitrogens is 1. The number of nitrogens with one attached hydrogen (secondary N) is 1. The van der Waals surface area contributed by atoms with E-state index in [1.165, 1.54) is 6.07 Å². The molecule has 0 amide bonds. The Labute approximate surface area is 123 Å². The van der Waals surface area contributed by atoms with Crippen LogP contribution in [0, 0.1) is 5.82 Å². The zero-order chi connectivity index (χ0) is 14.1. The number of nitrogen functional groups attached to an aromatic ring is 1. The maximum atomic E-state index is 13.8. The van der Waals surface area contributed by atoms with Crippen molar-refractivity contribution < 1.29 is 4.39 Å². The van der Waals surface area contributed by atoms with Gasteiger partial charge in [0.05, 0.1) is 22.6 Å². The van der Waals surface area contributed by atoms with Gasteiger partial charge in [0.1, 0.15) is 5.82 Å². The quantitative estimate of drug-likeness (QED) is 0.681. The van der Waals surface area contributed by atoms with Crippen LogP contribution in [0.15, 0.2) is 53.1 Å². The number of nitrogens with two attached hydrogens (primary N) is 1. The Kier molecular flexibility index (Phi) is 3.28. The molecule has 0 aliphatic heterocycles. The minimum Gasteiger partial charge on any atom is -0.396 e. The lowest BCUT2D eigenvalue weighted by Gasteiger charge is -2.12. The second kappa shape index (κ2) is 5.09. The topological polar surface area (TPSA) is 50.9 Å². The molecule has 1 aromatic heterocycles. The molecule has 1 heterocycles. The monoisotopic (exact) mass is 331 g/mol. The molecule has 0 aliphatic rings. The fourth-order valence-electron chi connectivity index (χ4n) is 2.02. The van der Waals surface area contributed by atoms with Gasteiger partial charge in [0.15, 0.2) is 0 Å². The van der Waals surface area contributed by atoms with Crippen molar-refractivity contribution in [3.8, 4) is 0 Å². The zero-order valence-corrected chi connectivity index (χ0v) is 12.0.